The summed E-state index contributed by atoms with van der Waals surface area (Å²) in [6, 6.07) is 33.0. The van der Waals surface area contributed by atoms with Gasteiger partial charge in [-0.25, -0.2) is 24.7 Å². The minimum atomic E-state index is -3.60. The number of pyridine rings is 3. The zero-order valence-corrected chi connectivity index (χ0v) is 61.5. The molecule has 0 spiro atoms. The van der Waals surface area contributed by atoms with Gasteiger partial charge in [0, 0.05) is 112 Å². The standard InChI is InChI=1S/C26H31BrN5O6P.C22H20BrN5O2.C19H17BrN2O3.C4H8N2O/c1-35-24(33)8-7-23-26(38-39(34,31-10-14-36-15-11-31)32-12-16-37-17-13-32)30-21-6-5-19(27)18-20(21)25(29-23)22-4-2-3-9-28-22;1-30-19(29)10-8-17-22-27-26-21(13-5-6-13)28(22)18-9-7-14(23)12-15(18)20(25-17)16-4-2-3-11-24-16;1-25-18(24)8-7-15-17(23)10-12-5-6-13(20)11-14(12)19(22-15)16-4-2-3-9-21-16;5-6-4(7)3-1-2-3/h2-6,9,18,23H,7-8,10-17H2,1H3;2-4,7,9,11-13,17H,5-6,8,10H2,1H3;2-6,9,11,15H,7-8,10H2,1H3;3H,1-2,5H2,(H,6,7)/t23-;17-;15-;/m000./s1. The van der Waals surface area contributed by atoms with Crippen LogP contribution in [0.25, 0.3) is 5.69 Å². The topological polar surface area (TPSA) is 321 Å². The van der Waals surface area contributed by atoms with Crippen LogP contribution in [-0.4, -0.2) is 178 Å². The number of aromatic nitrogens is 6. The number of ketones is 1. The van der Waals surface area contributed by atoms with E-state index in [1.807, 2.05) is 106 Å². The fraction of sp³-hybridized carbons (Fsp3) is 0.380. The van der Waals surface area contributed by atoms with Crippen LogP contribution in [-0.2, 0) is 63.2 Å². The Bertz CT molecular complexity index is 4280. The second-order valence-corrected chi connectivity index (χ2v) is 29.3. The van der Waals surface area contributed by atoms with Crippen molar-refractivity contribution in [1.29, 1.82) is 0 Å². The first-order valence-electron chi connectivity index (χ1n) is 33.2. The summed E-state index contributed by atoms with van der Waals surface area (Å²) >= 11 is 10.6. The predicted octanol–water partition coefficient (Wildman–Crippen LogP) is 10.5. The minimum absolute atomic E-state index is 0.00148. The molecule has 7 aliphatic rings. The molecule has 3 N–H and O–H groups in total. The second-order valence-electron chi connectivity index (χ2n) is 24.2. The summed E-state index contributed by atoms with van der Waals surface area (Å²) in [5.41, 5.74) is 11.4. The third-order valence-electron chi connectivity index (χ3n) is 17.3. The molecular formula is C71H76Br3N14O12P. The van der Waals surface area contributed by atoms with Crippen molar-refractivity contribution in [2.75, 3.05) is 73.9 Å². The summed E-state index contributed by atoms with van der Waals surface area (Å²) in [6.07, 6.45) is 11.3. The van der Waals surface area contributed by atoms with Crippen molar-refractivity contribution in [2.45, 2.75) is 94.7 Å². The number of halogens is 3. The lowest BCUT2D eigenvalue weighted by atomic mass is 9.97. The van der Waals surface area contributed by atoms with E-state index < -0.39 is 19.8 Å². The molecule has 528 valence electrons. The van der Waals surface area contributed by atoms with Crippen LogP contribution in [0.2, 0.25) is 0 Å². The first-order valence-corrected chi connectivity index (χ1v) is 37.1. The number of nitrogens with zero attached hydrogens (tertiary/aromatic N) is 12. The quantitative estimate of drug-likeness (QED) is 0.0214. The van der Waals surface area contributed by atoms with Crippen LogP contribution in [0.15, 0.2) is 161 Å². The summed E-state index contributed by atoms with van der Waals surface area (Å²) in [6.45, 7) is 3.65. The van der Waals surface area contributed by atoms with Crippen molar-refractivity contribution < 1.29 is 56.7 Å². The van der Waals surface area contributed by atoms with Gasteiger partial charge in [-0.15, -0.1) is 10.2 Å². The lowest BCUT2D eigenvalue weighted by Crippen LogP contribution is -2.44. The van der Waals surface area contributed by atoms with Crippen LogP contribution in [0.4, 0.5) is 5.69 Å². The van der Waals surface area contributed by atoms with E-state index in [9.17, 15) is 28.5 Å². The maximum Gasteiger partial charge on any atom is 0.397 e. The van der Waals surface area contributed by atoms with Crippen LogP contribution in [0.1, 0.15) is 127 Å². The number of hydrogen-bond acceptors (Lipinski definition) is 22. The number of carbonyl (C=O) groups excluding carboxylic acids is 5. The Morgan fingerprint density at radius 1 is 0.574 bits per heavy atom. The number of aliphatic imine (C=N–C) groups is 4. The van der Waals surface area contributed by atoms with E-state index >= 15 is 0 Å². The van der Waals surface area contributed by atoms with Crippen molar-refractivity contribution >= 4 is 114 Å². The van der Waals surface area contributed by atoms with Crippen molar-refractivity contribution in [3.63, 3.8) is 0 Å². The summed E-state index contributed by atoms with van der Waals surface area (Å²) in [7, 11) is 0.494. The zero-order valence-electron chi connectivity index (χ0n) is 55.9. The number of benzene rings is 3. The van der Waals surface area contributed by atoms with Gasteiger partial charge in [0.1, 0.15) is 23.9 Å². The van der Waals surface area contributed by atoms with Crippen LogP contribution >= 0.6 is 55.5 Å². The van der Waals surface area contributed by atoms with Gasteiger partial charge in [-0.05, 0) is 135 Å². The highest BCUT2D eigenvalue weighted by molar-refractivity contribution is 9.11. The van der Waals surface area contributed by atoms with Crippen molar-refractivity contribution in [2.24, 2.45) is 31.7 Å². The van der Waals surface area contributed by atoms with Crippen LogP contribution in [0, 0.1) is 5.92 Å². The third-order valence-corrected chi connectivity index (χ3v) is 21.5. The maximum atomic E-state index is 14.8. The van der Waals surface area contributed by atoms with Gasteiger partial charge in [0.05, 0.1) is 93.3 Å². The monoisotopic (exact) mass is 1580 g/mol. The van der Waals surface area contributed by atoms with Crippen molar-refractivity contribution in [3.05, 3.63) is 192 Å². The number of amides is 1. The van der Waals surface area contributed by atoms with Crippen molar-refractivity contribution in [3.8, 4) is 5.69 Å². The fourth-order valence-corrected chi connectivity index (χ4v) is 15.1. The fourth-order valence-electron chi connectivity index (χ4n) is 11.7. The van der Waals surface area contributed by atoms with Gasteiger partial charge in [-0.2, -0.15) is 0 Å². The SMILES string of the molecule is COC(=O)CC[C@@H]1N=C(c2ccccn2)c2cc(Br)ccc2-n2c(C3CC3)nnc21.COC(=O)CC[C@@H]1N=C(c2ccccn2)c2cc(Br)ccc2CC1=O.COC(=O)CC[C@@H]1N=C(c2ccccn2)c2cc(Br)ccc2N=C1OP(=O)(N1CCOCC1)N1CCOCC1.NNC(=O)C1CC1. The van der Waals surface area contributed by atoms with Crippen molar-refractivity contribution in [1.82, 2.24) is 44.5 Å². The first kappa shape index (κ1) is 74.0. The van der Waals surface area contributed by atoms with Gasteiger partial charge in [0.25, 0.3) is 0 Å². The van der Waals surface area contributed by atoms with E-state index in [1.54, 1.807) is 18.6 Å². The molecule has 0 unspecified atom stereocenters. The molecule has 30 heteroatoms. The molecule has 14 rings (SSSR count). The van der Waals surface area contributed by atoms with Crippen LogP contribution in [0.5, 0.6) is 0 Å². The molecule has 7 aromatic rings. The zero-order chi connectivity index (χ0) is 71.0. The van der Waals surface area contributed by atoms with E-state index in [4.69, 9.17) is 49.3 Å². The second kappa shape index (κ2) is 35.1. The van der Waals surface area contributed by atoms with Gasteiger partial charge in [0.15, 0.2) is 11.6 Å². The summed E-state index contributed by atoms with van der Waals surface area (Å²) in [5.74, 6) is 6.39. The molecule has 1 amide bonds. The highest BCUT2D eigenvalue weighted by Crippen LogP contribution is 2.56. The molecule has 2 saturated carbocycles. The molecule has 0 bridgehead atoms. The number of fused-ring (bicyclic) bond motifs is 5. The average molecular weight is 1590 g/mol. The number of carbonyl (C=O) groups is 5. The average Bonchev–Trinajstić information content (AvgIpc) is 1.61. The first-order chi connectivity index (χ1) is 49.0. The highest BCUT2D eigenvalue weighted by Gasteiger charge is 2.45. The molecule has 9 heterocycles. The molecule has 3 atom stereocenters. The Morgan fingerprint density at radius 2 is 1.04 bits per heavy atom. The normalized spacial score (nSPS) is 18.7. The number of nitrogens with two attached hydrogens (primary N) is 1. The van der Waals surface area contributed by atoms with E-state index in [0.717, 1.165) is 90.1 Å². The number of esters is 3. The molecule has 2 saturated heterocycles. The van der Waals surface area contributed by atoms with Crippen LogP contribution < -0.4 is 11.3 Å². The minimum Gasteiger partial charge on any atom is -0.469 e. The molecule has 2 aliphatic carbocycles. The molecule has 26 nitrogen and oxygen atoms in total. The predicted molar refractivity (Wildman–Crippen MR) is 387 cm³/mol. The number of morpholine rings is 2. The van der Waals surface area contributed by atoms with Gasteiger partial charge in [-0.1, -0.05) is 72.1 Å². The Labute approximate surface area is 609 Å². The number of nitrogens with one attached hydrogen (secondary N) is 1. The molecule has 4 fully saturated rings. The maximum absolute atomic E-state index is 14.8. The lowest BCUT2D eigenvalue weighted by Gasteiger charge is -2.41. The Kier molecular flexibility index (Phi) is 25.7. The molecule has 5 aliphatic heterocycles. The number of ether oxygens (including phenoxy) is 5. The van der Waals surface area contributed by atoms with Gasteiger partial charge < -0.3 is 28.2 Å². The van der Waals surface area contributed by atoms with E-state index in [1.165, 1.54) is 21.3 Å². The number of hydrogen-bond donors (Lipinski definition) is 2. The van der Waals surface area contributed by atoms with E-state index in [0.29, 0.717) is 99.9 Å². The summed E-state index contributed by atoms with van der Waals surface area (Å²) in [4.78, 5) is 91.7. The Morgan fingerprint density at radius 3 is 1.54 bits per heavy atom. The smallest absolute Gasteiger partial charge is 0.397 e. The summed E-state index contributed by atoms with van der Waals surface area (Å²) in [5, 5.41) is 9.05. The number of hydrazine groups is 1. The molecule has 4 aromatic heterocycles. The Balaban J connectivity index is 0.000000148. The third kappa shape index (κ3) is 18.9. The van der Waals surface area contributed by atoms with Gasteiger partial charge in [-0.3, -0.25) is 63.9 Å². The Hall–Kier alpha value is -8.25. The number of methoxy groups -OCH3 is 3. The molecule has 0 radical (unpaired) electrons. The number of Topliss-reactive ketones (excluding diaryl/α,β-unsaturated/α-hetero) is 1. The summed E-state index contributed by atoms with van der Waals surface area (Å²) < 4.78 is 55.4. The molecular weight excluding hydrogens is 1510 g/mol. The van der Waals surface area contributed by atoms with E-state index in [-0.39, 0.29) is 79.6 Å². The van der Waals surface area contributed by atoms with E-state index in [2.05, 4.69) is 99.8 Å². The largest absolute Gasteiger partial charge is 0.469 e. The van der Waals surface area contributed by atoms with Gasteiger partial charge >= 0.3 is 25.6 Å². The number of rotatable bonds is 17. The molecule has 3 aromatic carbocycles. The van der Waals surface area contributed by atoms with Crippen LogP contribution in [0.3, 0.4) is 0 Å². The van der Waals surface area contributed by atoms with Gasteiger partial charge in [0.2, 0.25) is 11.8 Å². The highest BCUT2D eigenvalue weighted by atomic mass is 79.9. The molecule has 101 heavy (non-hydrogen) atoms. The lowest BCUT2D eigenvalue weighted by molar-refractivity contribution is -0.141.